The number of anilines is 2. The molecule has 0 bridgehead atoms. The van der Waals surface area contributed by atoms with Gasteiger partial charge in [-0.1, -0.05) is 36.4 Å². The topological polar surface area (TPSA) is 76.3 Å². The van der Waals surface area contributed by atoms with Gasteiger partial charge in [0.1, 0.15) is 0 Å². The summed E-state index contributed by atoms with van der Waals surface area (Å²) in [5, 5.41) is 0. The van der Waals surface area contributed by atoms with E-state index in [1.807, 2.05) is 48.5 Å². The Morgan fingerprint density at radius 1 is 0.632 bits per heavy atom. The number of hydrazine groups is 2. The Morgan fingerprint density at radius 3 is 1.47 bits per heavy atom. The van der Waals surface area contributed by atoms with Crippen LogP contribution in [0.4, 0.5) is 22.7 Å². The van der Waals surface area contributed by atoms with Gasteiger partial charge in [0.05, 0.1) is 0 Å². The monoisotopic (exact) mass is 309 g/mol. The average Bonchev–Trinajstić information content (AvgIpc) is 3.08. The molecule has 4 N–H and O–H groups in total. The summed E-state index contributed by atoms with van der Waals surface area (Å²) in [7, 11) is 0. The van der Waals surface area contributed by atoms with E-state index in [2.05, 4.69) is 32.8 Å². The molecule has 2 heterocycles. The van der Waals surface area contributed by atoms with Crippen molar-refractivity contribution in [3.8, 4) is 0 Å². The maximum Gasteiger partial charge on any atom is 3.00 e. The van der Waals surface area contributed by atoms with E-state index in [-0.39, 0.29) is 19.8 Å². The number of fused-ring (bicyclic) bond motifs is 2. The van der Waals surface area contributed by atoms with Crippen LogP contribution in [0.1, 0.15) is 0 Å². The number of nitrogens with one attached hydrogen (secondary N) is 4. The van der Waals surface area contributed by atoms with Crippen molar-refractivity contribution >= 4 is 42.5 Å². The van der Waals surface area contributed by atoms with Gasteiger partial charge in [0.25, 0.3) is 0 Å². The van der Waals surface area contributed by atoms with Gasteiger partial charge in [-0.05, 0) is 12.1 Å². The van der Waals surface area contributed by atoms with Gasteiger partial charge in [-0.25, -0.2) is 0 Å². The molecule has 0 spiro atoms. The van der Waals surface area contributed by atoms with Gasteiger partial charge < -0.3 is 32.8 Å². The Morgan fingerprint density at radius 2 is 1.05 bits per heavy atom. The fourth-order valence-corrected chi connectivity index (χ4v) is 1.65. The summed E-state index contributed by atoms with van der Waals surface area (Å²) in [6, 6.07) is 15.7. The van der Waals surface area contributed by atoms with Crippen LogP contribution in [0.2, 0.25) is 0 Å². The molecule has 0 aromatic heterocycles. The van der Waals surface area contributed by atoms with Crippen LogP contribution in [0.3, 0.4) is 0 Å². The molecule has 0 saturated heterocycles. The number of rotatable bonds is 0. The number of hydrogen-bond acceptors (Lipinski definition) is 4. The van der Waals surface area contributed by atoms with E-state index in [0.717, 1.165) is 22.7 Å². The summed E-state index contributed by atoms with van der Waals surface area (Å²) in [5.41, 5.74) is 23.0. The maximum absolute atomic E-state index is 3.94. The number of hydrogen-bond donors (Lipinski definition) is 4. The summed E-state index contributed by atoms with van der Waals surface area (Å²) in [5.74, 6) is 0. The van der Waals surface area contributed by atoms with E-state index < -0.39 is 0 Å². The second kappa shape index (κ2) is 6.39. The third-order valence-electron chi connectivity index (χ3n) is 2.54. The Hall–Kier alpha value is -1.80. The predicted octanol–water partition coefficient (Wildman–Crippen LogP) is 2.69. The van der Waals surface area contributed by atoms with Gasteiger partial charge in [-0.2, -0.15) is 0 Å². The molecule has 6 nitrogen and oxygen atoms in total. The number of benzene rings is 2. The van der Waals surface area contributed by atoms with Crippen molar-refractivity contribution in [1.82, 2.24) is 11.1 Å². The van der Waals surface area contributed by atoms with Crippen molar-refractivity contribution < 1.29 is 0 Å². The quantitative estimate of drug-likeness (QED) is 0.564. The van der Waals surface area contributed by atoms with Crippen LogP contribution in [0, 0.1) is 0 Å². The first kappa shape index (κ1) is 13.6. The molecule has 2 aliphatic rings. The summed E-state index contributed by atoms with van der Waals surface area (Å²) in [6.07, 6.45) is 0. The van der Waals surface area contributed by atoms with Crippen LogP contribution in [0.15, 0.2) is 48.5 Å². The summed E-state index contributed by atoms with van der Waals surface area (Å²) < 4.78 is 0. The van der Waals surface area contributed by atoms with Crippen molar-refractivity contribution in [2.45, 2.75) is 0 Å². The van der Waals surface area contributed by atoms with Crippen LogP contribution >= 0.6 is 0 Å². The Labute approximate surface area is 124 Å². The second-order valence-corrected chi connectivity index (χ2v) is 3.73. The van der Waals surface area contributed by atoms with E-state index in [0.29, 0.717) is 0 Å². The molecular formula is C12H12GaN6+. The molecule has 4 rings (SSSR count). The normalized spacial score (nSPS) is 13.1. The third-order valence-corrected chi connectivity index (χ3v) is 2.54. The second-order valence-electron chi connectivity index (χ2n) is 3.73. The molecule has 0 fully saturated rings. The van der Waals surface area contributed by atoms with Crippen LogP contribution in [0.5, 0.6) is 0 Å². The molecule has 2 aliphatic heterocycles. The third kappa shape index (κ3) is 3.15. The van der Waals surface area contributed by atoms with Gasteiger partial charge in [-0.3, -0.25) is 0 Å². The molecule has 2 aromatic carbocycles. The molecule has 0 aliphatic carbocycles. The minimum Gasteiger partial charge on any atom is -0.602 e. The molecule has 7 heteroatoms. The maximum atomic E-state index is 3.94. The first-order chi connectivity index (χ1) is 8.93. The first-order valence-corrected chi connectivity index (χ1v) is 5.55. The average molecular weight is 310 g/mol. The fourth-order valence-electron chi connectivity index (χ4n) is 1.65. The molecule has 0 atom stereocenters. The number of nitrogens with zero attached hydrogens (tertiary/aromatic N) is 2. The van der Waals surface area contributed by atoms with Gasteiger partial charge in [0.2, 0.25) is 0 Å². The Balaban J connectivity index is 0.000000133. The number of para-hydroxylation sites is 4. The molecular weight excluding hydrogens is 298 g/mol. The fraction of sp³-hybridized carbons (Fsp3) is 0. The van der Waals surface area contributed by atoms with E-state index in [1.165, 1.54) is 0 Å². The standard InChI is InChI=1S/2C6H6N3.Ga/c2*1-2-4-6-5(3-1)7-9-8-6;/h2*1-4,7,9H;/q2*-1;+3. The van der Waals surface area contributed by atoms with Gasteiger partial charge in [0, 0.05) is 11.4 Å². The zero-order valence-corrected chi connectivity index (χ0v) is 12.5. The van der Waals surface area contributed by atoms with Crippen LogP contribution in [-0.4, -0.2) is 19.8 Å². The van der Waals surface area contributed by atoms with Crippen LogP contribution < -0.4 is 21.9 Å². The smallest absolute Gasteiger partial charge is 0.602 e. The van der Waals surface area contributed by atoms with Crippen LogP contribution in [0.25, 0.3) is 10.9 Å². The SMILES string of the molecule is [Ga+3].c1ccc2c(c1)[N-]NN2.c1ccc2c(c1)[N-]NN2. The van der Waals surface area contributed by atoms with E-state index in [9.17, 15) is 0 Å². The molecule has 2 aromatic rings. The molecule has 92 valence electrons. The molecule has 0 amide bonds. The molecule has 0 unspecified atom stereocenters. The van der Waals surface area contributed by atoms with Crippen molar-refractivity contribution in [3.63, 3.8) is 0 Å². The summed E-state index contributed by atoms with van der Waals surface area (Å²) in [4.78, 5) is 0. The summed E-state index contributed by atoms with van der Waals surface area (Å²) >= 11 is 0. The van der Waals surface area contributed by atoms with Gasteiger partial charge >= 0.3 is 19.8 Å². The summed E-state index contributed by atoms with van der Waals surface area (Å²) in [6.45, 7) is 0. The zero-order valence-electron chi connectivity index (χ0n) is 10.1. The van der Waals surface area contributed by atoms with Crippen molar-refractivity contribution in [1.29, 1.82) is 0 Å². The van der Waals surface area contributed by atoms with Crippen molar-refractivity contribution in [3.05, 3.63) is 59.4 Å². The minimum atomic E-state index is 0. The first-order valence-electron chi connectivity index (χ1n) is 5.55. The molecule has 19 heavy (non-hydrogen) atoms. The van der Waals surface area contributed by atoms with E-state index >= 15 is 0 Å². The van der Waals surface area contributed by atoms with Crippen molar-refractivity contribution in [2.24, 2.45) is 0 Å². The largest absolute Gasteiger partial charge is 3.00 e. The van der Waals surface area contributed by atoms with E-state index in [1.54, 1.807) is 0 Å². The van der Waals surface area contributed by atoms with Crippen LogP contribution in [-0.2, 0) is 0 Å². The van der Waals surface area contributed by atoms with E-state index in [4.69, 9.17) is 0 Å². The Kier molecular flexibility index (Phi) is 4.58. The molecule has 0 saturated carbocycles. The molecule has 0 radical (unpaired) electrons. The van der Waals surface area contributed by atoms with Crippen molar-refractivity contribution in [2.75, 3.05) is 10.9 Å². The van der Waals surface area contributed by atoms with Gasteiger partial charge in [-0.15, -0.1) is 11.4 Å². The van der Waals surface area contributed by atoms with Gasteiger partial charge in [0.15, 0.2) is 0 Å². The zero-order chi connectivity index (χ0) is 12.2. The Bertz CT molecular complexity index is 452. The minimum absolute atomic E-state index is 0. The predicted molar refractivity (Wildman–Crippen MR) is 78.2 cm³/mol.